The lowest BCUT2D eigenvalue weighted by Gasteiger charge is -2.34. The predicted molar refractivity (Wildman–Crippen MR) is 83.1 cm³/mol. The number of hydrogen-bond donors (Lipinski definition) is 0. The Labute approximate surface area is 130 Å². The van der Waals surface area contributed by atoms with Gasteiger partial charge in [0.25, 0.3) is 0 Å². The van der Waals surface area contributed by atoms with Crippen LogP contribution in [0.15, 0.2) is 24.4 Å². The highest BCUT2D eigenvalue weighted by Crippen LogP contribution is 2.23. The third-order valence-corrected chi connectivity index (χ3v) is 4.57. The molecule has 0 saturated carbocycles. The van der Waals surface area contributed by atoms with Crippen LogP contribution in [0.3, 0.4) is 0 Å². The SMILES string of the molecule is c1ccn2c(N3CCC(OC4CCOCC4)CC3)nnc2c1. The van der Waals surface area contributed by atoms with Gasteiger partial charge in [-0.3, -0.25) is 4.40 Å². The van der Waals surface area contributed by atoms with Crippen LogP contribution in [0.25, 0.3) is 5.65 Å². The maximum atomic E-state index is 6.24. The van der Waals surface area contributed by atoms with Crippen molar-refractivity contribution >= 4 is 11.6 Å². The molecule has 0 N–H and O–H groups in total. The van der Waals surface area contributed by atoms with Gasteiger partial charge >= 0.3 is 0 Å². The molecule has 6 nitrogen and oxygen atoms in total. The molecule has 2 fully saturated rings. The number of piperidine rings is 1. The van der Waals surface area contributed by atoms with Gasteiger partial charge in [-0.1, -0.05) is 6.07 Å². The summed E-state index contributed by atoms with van der Waals surface area (Å²) < 4.78 is 13.7. The Morgan fingerprint density at radius 2 is 1.77 bits per heavy atom. The summed E-state index contributed by atoms with van der Waals surface area (Å²) in [6, 6.07) is 5.99. The molecule has 22 heavy (non-hydrogen) atoms. The summed E-state index contributed by atoms with van der Waals surface area (Å²) >= 11 is 0. The zero-order chi connectivity index (χ0) is 14.8. The monoisotopic (exact) mass is 302 g/mol. The van der Waals surface area contributed by atoms with Crippen molar-refractivity contribution in [3.8, 4) is 0 Å². The van der Waals surface area contributed by atoms with Crippen LogP contribution in [0.1, 0.15) is 25.7 Å². The van der Waals surface area contributed by atoms with Crippen LogP contribution >= 0.6 is 0 Å². The molecule has 4 rings (SSSR count). The van der Waals surface area contributed by atoms with Gasteiger partial charge in [0.1, 0.15) is 0 Å². The predicted octanol–water partition coefficient (Wildman–Crippen LogP) is 1.89. The van der Waals surface area contributed by atoms with Gasteiger partial charge in [-0.2, -0.15) is 0 Å². The molecule has 0 aliphatic carbocycles. The molecule has 2 aromatic rings. The molecular weight excluding hydrogens is 280 g/mol. The molecule has 2 saturated heterocycles. The first kappa shape index (κ1) is 14.0. The fraction of sp³-hybridized carbons (Fsp3) is 0.625. The van der Waals surface area contributed by atoms with Gasteiger partial charge in [-0.25, -0.2) is 0 Å². The zero-order valence-electron chi connectivity index (χ0n) is 12.7. The fourth-order valence-corrected chi connectivity index (χ4v) is 3.32. The molecule has 4 heterocycles. The van der Waals surface area contributed by atoms with Crippen LogP contribution in [-0.2, 0) is 9.47 Å². The van der Waals surface area contributed by atoms with E-state index in [4.69, 9.17) is 9.47 Å². The summed E-state index contributed by atoms with van der Waals surface area (Å²) in [6.07, 6.45) is 6.97. The highest BCUT2D eigenvalue weighted by atomic mass is 16.5. The van der Waals surface area contributed by atoms with Crippen molar-refractivity contribution in [3.63, 3.8) is 0 Å². The van der Waals surface area contributed by atoms with E-state index < -0.39 is 0 Å². The van der Waals surface area contributed by atoms with Crippen LogP contribution < -0.4 is 4.90 Å². The first-order chi connectivity index (χ1) is 10.9. The van der Waals surface area contributed by atoms with Crippen molar-refractivity contribution < 1.29 is 9.47 Å². The Kier molecular flexibility index (Phi) is 3.95. The van der Waals surface area contributed by atoms with Gasteiger partial charge < -0.3 is 14.4 Å². The summed E-state index contributed by atoms with van der Waals surface area (Å²) in [6.45, 7) is 3.64. The minimum atomic E-state index is 0.374. The average Bonchev–Trinajstić information content (AvgIpc) is 3.01. The molecule has 0 amide bonds. The number of ether oxygens (including phenoxy) is 2. The van der Waals surface area contributed by atoms with E-state index in [0.717, 1.165) is 63.6 Å². The van der Waals surface area contributed by atoms with Crippen LogP contribution in [0.5, 0.6) is 0 Å². The van der Waals surface area contributed by atoms with Crippen LogP contribution in [-0.4, -0.2) is 53.1 Å². The number of fused-ring (bicyclic) bond motifs is 1. The number of aromatic nitrogens is 3. The standard InChI is InChI=1S/C16H22N4O2/c1-2-8-20-15(3-1)17-18-16(20)19-9-4-13(5-10-19)22-14-6-11-21-12-7-14/h1-3,8,13-14H,4-7,9-12H2. The molecule has 6 heteroatoms. The molecule has 0 spiro atoms. The van der Waals surface area contributed by atoms with Crippen molar-refractivity contribution in [1.82, 2.24) is 14.6 Å². The second-order valence-corrected chi connectivity index (χ2v) is 6.06. The Balaban J connectivity index is 1.37. The second kappa shape index (κ2) is 6.22. The Morgan fingerprint density at radius 1 is 1.00 bits per heavy atom. The smallest absolute Gasteiger partial charge is 0.231 e. The highest BCUT2D eigenvalue weighted by Gasteiger charge is 2.26. The van der Waals surface area contributed by atoms with Gasteiger partial charge in [0.15, 0.2) is 5.65 Å². The van der Waals surface area contributed by atoms with Gasteiger partial charge in [-0.05, 0) is 37.8 Å². The molecule has 0 atom stereocenters. The molecule has 0 bridgehead atoms. The van der Waals surface area contributed by atoms with E-state index in [1.807, 2.05) is 24.4 Å². The van der Waals surface area contributed by atoms with E-state index in [1.165, 1.54) is 0 Å². The third kappa shape index (κ3) is 2.80. The summed E-state index contributed by atoms with van der Waals surface area (Å²) in [4.78, 5) is 2.31. The molecule has 2 aromatic heterocycles. The molecular formula is C16H22N4O2. The molecule has 0 radical (unpaired) electrons. The Morgan fingerprint density at radius 3 is 2.59 bits per heavy atom. The summed E-state index contributed by atoms with van der Waals surface area (Å²) in [5.74, 6) is 0.945. The van der Waals surface area contributed by atoms with Crippen LogP contribution in [0.4, 0.5) is 5.95 Å². The van der Waals surface area contributed by atoms with Crippen molar-refractivity contribution in [2.75, 3.05) is 31.2 Å². The van der Waals surface area contributed by atoms with Crippen molar-refractivity contribution in [2.24, 2.45) is 0 Å². The van der Waals surface area contributed by atoms with Gasteiger partial charge in [0, 0.05) is 32.5 Å². The molecule has 0 aromatic carbocycles. The molecule has 0 unspecified atom stereocenters. The number of anilines is 1. The molecule has 118 valence electrons. The largest absolute Gasteiger partial charge is 0.381 e. The first-order valence-corrected chi connectivity index (χ1v) is 8.18. The average molecular weight is 302 g/mol. The normalized spacial score (nSPS) is 21.5. The lowest BCUT2D eigenvalue weighted by Crippen LogP contribution is -2.40. The van der Waals surface area contributed by atoms with Gasteiger partial charge in [-0.15, -0.1) is 10.2 Å². The maximum Gasteiger partial charge on any atom is 0.231 e. The lowest BCUT2D eigenvalue weighted by atomic mass is 10.1. The van der Waals surface area contributed by atoms with Crippen LogP contribution in [0, 0.1) is 0 Å². The summed E-state index contributed by atoms with van der Waals surface area (Å²) in [5.41, 5.74) is 0.901. The molecule has 2 aliphatic rings. The second-order valence-electron chi connectivity index (χ2n) is 6.06. The van der Waals surface area contributed by atoms with Gasteiger partial charge in [0.2, 0.25) is 5.95 Å². The van der Waals surface area contributed by atoms with E-state index in [2.05, 4.69) is 19.5 Å². The van der Waals surface area contributed by atoms with Crippen molar-refractivity contribution in [2.45, 2.75) is 37.9 Å². The first-order valence-electron chi connectivity index (χ1n) is 8.18. The van der Waals surface area contributed by atoms with Crippen molar-refractivity contribution in [1.29, 1.82) is 0 Å². The number of rotatable bonds is 3. The minimum absolute atomic E-state index is 0.374. The maximum absolute atomic E-state index is 6.24. The van der Waals surface area contributed by atoms with E-state index in [9.17, 15) is 0 Å². The van der Waals surface area contributed by atoms with E-state index in [1.54, 1.807) is 0 Å². The summed E-state index contributed by atoms with van der Waals surface area (Å²) in [5, 5.41) is 8.57. The Bertz CT molecular complexity index is 615. The highest BCUT2D eigenvalue weighted by molar-refractivity contribution is 5.46. The molecule has 2 aliphatic heterocycles. The van der Waals surface area contributed by atoms with Gasteiger partial charge in [0.05, 0.1) is 12.2 Å². The third-order valence-electron chi connectivity index (χ3n) is 4.57. The Hall–Kier alpha value is -1.66. The number of nitrogens with zero attached hydrogens (tertiary/aromatic N) is 4. The topological polar surface area (TPSA) is 51.9 Å². The minimum Gasteiger partial charge on any atom is -0.381 e. The van der Waals surface area contributed by atoms with E-state index >= 15 is 0 Å². The van der Waals surface area contributed by atoms with Crippen molar-refractivity contribution in [3.05, 3.63) is 24.4 Å². The van der Waals surface area contributed by atoms with Crippen LogP contribution in [0.2, 0.25) is 0 Å². The number of pyridine rings is 1. The van der Waals surface area contributed by atoms with E-state index in [0.29, 0.717) is 12.2 Å². The number of hydrogen-bond acceptors (Lipinski definition) is 5. The quantitative estimate of drug-likeness (QED) is 0.866. The summed E-state index contributed by atoms with van der Waals surface area (Å²) in [7, 11) is 0. The van der Waals surface area contributed by atoms with E-state index in [-0.39, 0.29) is 0 Å². The lowest BCUT2D eigenvalue weighted by molar-refractivity contribution is -0.0744. The zero-order valence-corrected chi connectivity index (χ0v) is 12.7. The fourth-order valence-electron chi connectivity index (χ4n) is 3.32.